The molecule has 100 valence electrons. The maximum absolute atomic E-state index is 9.74. The van der Waals surface area contributed by atoms with Crippen LogP contribution < -0.4 is 4.74 Å². The van der Waals surface area contributed by atoms with E-state index in [0.717, 1.165) is 0 Å². The second-order valence-corrected chi connectivity index (χ2v) is 4.13. The number of hydrogen-bond acceptors (Lipinski definition) is 6. The molecule has 1 heterocycles. The zero-order valence-corrected chi connectivity index (χ0v) is 9.59. The van der Waals surface area contributed by atoms with Gasteiger partial charge in [-0.3, -0.25) is 0 Å². The van der Waals surface area contributed by atoms with Crippen molar-refractivity contribution < 1.29 is 29.9 Å². The maximum atomic E-state index is 9.74. The van der Waals surface area contributed by atoms with Gasteiger partial charge in [-0.25, -0.2) is 0 Å². The number of aliphatic hydroxyl groups is 4. The highest BCUT2D eigenvalue weighted by atomic mass is 16.7. The van der Waals surface area contributed by atoms with E-state index < -0.39 is 37.3 Å². The summed E-state index contributed by atoms with van der Waals surface area (Å²) in [6.07, 6.45) is -6.28. The fourth-order valence-electron chi connectivity index (χ4n) is 1.80. The van der Waals surface area contributed by atoms with Crippen LogP contribution in [0.2, 0.25) is 0 Å². The van der Waals surface area contributed by atoms with Gasteiger partial charge in [0.25, 0.3) is 0 Å². The van der Waals surface area contributed by atoms with Gasteiger partial charge in [0.2, 0.25) is 6.29 Å². The van der Waals surface area contributed by atoms with Crippen LogP contribution >= 0.6 is 0 Å². The molecule has 6 nitrogen and oxygen atoms in total. The van der Waals surface area contributed by atoms with E-state index in [1.54, 1.807) is 30.3 Å². The predicted octanol–water partition coefficient (Wildman–Crippen LogP) is -1.13. The number of para-hydroxylation sites is 1. The van der Waals surface area contributed by atoms with Gasteiger partial charge in [0.1, 0.15) is 30.2 Å². The third-order valence-electron chi connectivity index (χ3n) is 2.84. The van der Waals surface area contributed by atoms with E-state index in [9.17, 15) is 15.3 Å². The van der Waals surface area contributed by atoms with Gasteiger partial charge in [-0.05, 0) is 12.1 Å². The minimum absolute atomic E-state index is 0.460. The molecule has 0 saturated carbocycles. The molecule has 6 heteroatoms. The van der Waals surface area contributed by atoms with E-state index in [1.807, 2.05) is 0 Å². The van der Waals surface area contributed by atoms with Crippen molar-refractivity contribution in [3.05, 3.63) is 30.3 Å². The summed E-state index contributed by atoms with van der Waals surface area (Å²) in [5, 5.41) is 37.9. The van der Waals surface area contributed by atoms with Crippen LogP contribution in [0.25, 0.3) is 0 Å². The molecular formula is C12H16O6. The van der Waals surface area contributed by atoms with Gasteiger partial charge >= 0.3 is 0 Å². The molecule has 2 rings (SSSR count). The van der Waals surface area contributed by atoms with Crippen molar-refractivity contribution in [2.45, 2.75) is 30.7 Å². The summed E-state index contributed by atoms with van der Waals surface area (Å²) in [6.45, 7) is -0.473. The van der Waals surface area contributed by atoms with E-state index in [2.05, 4.69) is 0 Å². The number of rotatable bonds is 3. The highest BCUT2D eigenvalue weighted by Crippen LogP contribution is 2.23. The fourth-order valence-corrected chi connectivity index (χ4v) is 1.80. The molecule has 0 aliphatic carbocycles. The lowest BCUT2D eigenvalue weighted by Gasteiger charge is -2.39. The second-order valence-electron chi connectivity index (χ2n) is 4.13. The second kappa shape index (κ2) is 5.64. The minimum atomic E-state index is -1.43. The lowest BCUT2D eigenvalue weighted by Crippen LogP contribution is -2.60. The first-order valence-corrected chi connectivity index (χ1v) is 5.65. The van der Waals surface area contributed by atoms with Crippen molar-refractivity contribution in [1.29, 1.82) is 0 Å². The van der Waals surface area contributed by atoms with Crippen LogP contribution in [0.15, 0.2) is 30.3 Å². The number of aliphatic hydroxyl groups excluding tert-OH is 4. The monoisotopic (exact) mass is 256 g/mol. The Morgan fingerprint density at radius 2 is 1.67 bits per heavy atom. The van der Waals surface area contributed by atoms with Crippen molar-refractivity contribution in [3.63, 3.8) is 0 Å². The SMILES string of the molecule is OC[C@@H]1O[C@@H](Oc2ccccc2)[C@H](O)[C@H](O)[C@@H]1O. The van der Waals surface area contributed by atoms with Crippen LogP contribution in [0, 0.1) is 0 Å². The molecule has 1 aliphatic rings. The Morgan fingerprint density at radius 3 is 2.28 bits per heavy atom. The predicted molar refractivity (Wildman–Crippen MR) is 60.8 cm³/mol. The van der Waals surface area contributed by atoms with Crippen molar-refractivity contribution in [2.75, 3.05) is 6.61 Å². The largest absolute Gasteiger partial charge is 0.462 e. The normalized spacial score (nSPS) is 36.3. The highest BCUT2D eigenvalue weighted by Gasteiger charge is 2.44. The molecule has 0 bridgehead atoms. The third kappa shape index (κ3) is 2.63. The number of ether oxygens (including phenoxy) is 2. The summed E-state index contributed by atoms with van der Waals surface area (Å²) in [4.78, 5) is 0. The molecule has 4 N–H and O–H groups in total. The first kappa shape index (κ1) is 13.3. The molecule has 18 heavy (non-hydrogen) atoms. The molecule has 0 amide bonds. The van der Waals surface area contributed by atoms with Gasteiger partial charge in [0.05, 0.1) is 6.61 Å². The average molecular weight is 256 g/mol. The van der Waals surface area contributed by atoms with Gasteiger partial charge in [0.15, 0.2) is 0 Å². The molecule has 1 saturated heterocycles. The summed E-state index contributed by atoms with van der Waals surface area (Å²) in [7, 11) is 0. The Hall–Kier alpha value is -1.18. The van der Waals surface area contributed by atoms with E-state index in [1.165, 1.54) is 0 Å². The lowest BCUT2D eigenvalue weighted by molar-refractivity contribution is -0.277. The maximum Gasteiger partial charge on any atom is 0.229 e. The molecule has 5 atom stereocenters. The smallest absolute Gasteiger partial charge is 0.229 e. The number of benzene rings is 1. The van der Waals surface area contributed by atoms with Crippen LogP contribution in [0.5, 0.6) is 5.75 Å². The molecule has 0 spiro atoms. The highest BCUT2D eigenvalue weighted by molar-refractivity contribution is 5.21. The molecule has 0 radical (unpaired) electrons. The molecule has 1 aliphatic heterocycles. The van der Waals surface area contributed by atoms with Crippen LogP contribution in [0.3, 0.4) is 0 Å². The van der Waals surface area contributed by atoms with Crippen molar-refractivity contribution in [3.8, 4) is 5.75 Å². The summed E-state index contributed by atoms with van der Waals surface area (Å²) < 4.78 is 10.6. The molecule has 1 fully saturated rings. The van der Waals surface area contributed by atoms with Gasteiger partial charge in [-0.15, -0.1) is 0 Å². The topological polar surface area (TPSA) is 99.4 Å². The zero-order valence-electron chi connectivity index (χ0n) is 9.59. The van der Waals surface area contributed by atoms with Crippen LogP contribution in [-0.4, -0.2) is 57.7 Å². The first-order chi connectivity index (χ1) is 8.63. The molecular weight excluding hydrogens is 240 g/mol. The van der Waals surface area contributed by atoms with Gasteiger partial charge in [-0.2, -0.15) is 0 Å². The van der Waals surface area contributed by atoms with Gasteiger partial charge < -0.3 is 29.9 Å². The Balaban J connectivity index is 2.08. The van der Waals surface area contributed by atoms with Crippen LogP contribution in [0.4, 0.5) is 0 Å². The van der Waals surface area contributed by atoms with E-state index in [4.69, 9.17) is 14.6 Å². The Kier molecular flexibility index (Phi) is 4.15. The van der Waals surface area contributed by atoms with Gasteiger partial charge in [0, 0.05) is 0 Å². The standard InChI is InChI=1S/C12H16O6/c13-6-8-9(14)10(15)11(16)12(18-8)17-7-4-2-1-3-5-7/h1-5,8-16H,6H2/t8-,9+,10+,11+,12+/m0/s1. The van der Waals surface area contributed by atoms with E-state index in [-0.39, 0.29) is 0 Å². The molecule has 1 aromatic carbocycles. The minimum Gasteiger partial charge on any atom is -0.462 e. The zero-order chi connectivity index (χ0) is 13.1. The van der Waals surface area contributed by atoms with Crippen LogP contribution in [0.1, 0.15) is 0 Å². The van der Waals surface area contributed by atoms with Crippen LogP contribution in [-0.2, 0) is 4.74 Å². The molecule has 1 aromatic rings. The summed E-state index contributed by atoms with van der Waals surface area (Å²) in [5.41, 5.74) is 0. The first-order valence-electron chi connectivity index (χ1n) is 5.65. The fraction of sp³-hybridized carbons (Fsp3) is 0.500. The van der Waals surface area contributed by atoms with Crippen molar-refractivity contribution in [2.24, 2.45) is 0 Å². The average Bonchev–Trinajstić information content (AvgIpc) is 2.40. The summed E-state index contributed by atoms with van der Waals surface area (Å²) in [6, 6.07) is 8.64. The Bertz CT molecular complexity index is 368. The van der Waals surface area contributed by atoms with Crippen molar-refractivity contribution in [1.82, 2.24) is 0 Å². The summed E-state index contributed by atoms with van der Waals surface area (Å²) >= 11 is 0. The van der Waals surface area contributed by atoms with Gasteiger partial charge in [-0.1, -0.05) is 18.2 Å². The van der Waals surface area contributed by atoms with E-state index >= 15 is 0 Å². The van der Waals surface area contributed by atoms with Crippen molar-refractivity contribution >= 4 is 0 Å². The summed E-state index contributed by atoms with van der Waals surface area (Å²) in [5.74, 6) is 0.460. The molecule has 0 unspecified atom stereocenters. The third-order valence-corrected chi connectivity index (χ3v) is 2.84. The Morgan fingerprint density at radius 1 is 1.00 bits per heavy atom. The number of hydrogen-bond donors (Lipinski definition) is 4. The Labute approximate surface area is 104 Å². The lowest BCUT2D eigenvalue weighted by atomic mass is 9.99. The molecule has 0 aromatic heterocycles. The van der Waals surface area contributed by atoms with E-state index in [0.29, 0.717) is 5.75 Å². The quantitative estimate of drug-likeness (QED) is 0.546.